The Kier molecular flexibility index (Phi) is 7.33. The summed E-state index contributed by atoms with van der Waals surface area (Å²) < 4.78 is 40.5. The van der Waals surface area contributed by atoms with Crippen LogP contribution in [0.5, 0.6) is 0 Å². The summed E-state index contributed by atoms with van der Waals surface area (Å²) in [6.45, 7) is 4.05. The quantitative estimate of drug-likeness (QED) is 0.510. The number of hydrazine groups is 1. The summed E-state index contributed by atoms with van der Waals surface area (Å²) in [4.78, 5) is 28.9. The number of hydrogen-bond acceptors (Lipinski definition) is 6. The van der Waals surface area contributed by atoms with Gasteiger partial charge in [0.1, 0.15) is 16.5 Å². The maximum Gasteiger partial charge on any atom is 0.289 e. The highest BCUT2D eigenvalue weighted by Gasteiger charge is 2.23. The molecule has 0 fully saturated rings. The van der Waals surface area contributed by atoms with E-state index in [0.717, 1.165) is 11.3 Å². The highest BCUT2D eigenvalue weighted by Crippen LogP contribution is 2.26. The molecule has 0 aliphatic heterocycles. The largest absolute Gasteiger partial charge is 0.289 e. The van der Waals surface area contributed by atoms with Gasteiger partial charge in [-0.1, -0.05) is 32.0 Å². The van der Waals surface area contributed by atoms with Crippen molar-refractivity contribution in [2.75, 3.05) is 13.1 Å². The second kappa shape index (κ2) is 9.98. The van der Waals surface area contributed by atoms with Gasteiger partial charge in [-0.15, -0.1) is 11.3 Å². The molecular weight excluding hydrogens is 455 g/mol. The Labute approximate surface area is 189 Å². The summed E-state index contributed by atoms with van der Waals surface area (Å²) in [6, 6.07) is 11.6. The third-order valence-electron chi connectivity index (χ3n) is 4.57. The van der Waals surface area contributed by atoms with E-state index in [1.54, 1.807) is 32.0 Å². The zero-order chi connectivity index (χ0) is 23.3. The Morgan fingerprint density at radius 3 is 2.41 bits per heavy atom. The molecule has 32 heavy (non-hydrogen) atoms. The highest BCUT2D eigenvalue weighted by atomic mass is 32.2. The van der Waals surface area contributed by atoms with Crippen molar-refractivity contribution in [1.29, 1.82) is 0 Å². The topological polar surface area (TPSA) is 108 Å². The first-order valence-corrected chi connectivity index (χ1v) is 12.0. The van der Waals surface area contributed by atoms with Gasteiger partial charge in [-0.3, -0.25) is 20.4 Å². The van der Waals surface area contributed by atoms with Crippen molar-refractivity contribution in [3.05, 3.63) is 71.0 Å². The number of amides is 2. The first-order valence-electron chi connectivity index (χ1n) is 9.69. The van der Waals surface area contributed by atoms with Crippen molar-refractivity contribution in [2.45, 2.75) is 18.7 Å². The molecule has 0 saturated heterocycles. The SMILES string of the molecule is CCN(CC)S(=O)(=O)c1cccc(C(=O)NNC(=O)c2csc(-c3ccccc3F)n2)c1. The minimum absolute atomic E-state index is 0.00594. The number of carbonyl (C=O) groups excluding carboxylic acids is 2. The lowest BCUT2D eigenvalue weighted by Gasteiger charge is -2.18. The van der Waals surface area contributed by atoms with Gasteiger partial charge in [-0.2, -0.15) is 4.31 Å². The van der Waals surface area contributed by atoms with Crippen LogP contribution in [-0.4, -0.2) is 42.6 Å². The average Bonchev–Trinajstić information content (AvgIpc) is 3.28. The smallest absolute Gasteiger partial charge is 0.267 e. The molecular formula is C21H21FN4O4S2. The molecule has 2 N–H and O–H groups in total. The predicted octanol–water partition coefficient (Wildman–Crippen LogP) is 3.05. The fraction of sp³-hybridized carbons (Fsp3) is 0.190. The highest BCUT2D eigenvalue weighted by molar-refractivity contribution is 7.89. The number of halogens is 1. The summed E-state index contributed by atoms with van der Waals surface area (Å²) in [6.07, 6.45) is 0. The van der Waals surface area contributed by atoms with E-state index >= 15 is 0 Å². The summed E-state index contributed by atoms with van der Waals surface area (Å²) in [5.74, 6) is -1.84. The second-order valence-electron chi connectivity index (χ2n) is 6.54. The first-order chi connectivity index (χ1) is 15.3. The number of rotatable bonds is 7. The zero-order valence-electron chi connectivity index (χ0n) is 17.3. The van der Waals surface area contributed by atoms with Crippen molar-refractivity contribution in [2.24, 2.45) is 0 Å². The maximum atomic E-state index is 13.9. The van der Waals surface area contributed by atoms with Crippen LogP contribution in [0.4, 0.5) is 4.39 Å². The minimum Gasteiger partial charge on any atom is -0.267 e. The molecule has 1 aromatic heterocycles. The van der Waals surface area contributed by atoms with E-state index in [4.69, 9.17) is 0 Å². The number of carbonyl (C=O) groups is 2. The van der Waals surface area contributed by atoms with Crippen molar-refractivity contribution >= 4 is 33.2 Å². The summed E-state index contributed by atoms with van der Waals surface area (Å²) in [5.41, 5.74) is 4.80. The van der Waals surface area contributed by atoms with Crippen molar-refractivity contribution in [3.63, 3.8) is 0 Å². The number of nitrogens with one attached hydrogen (secondary N) is 2. The molecule has 2 aromatic carbocycles. The number of hydrogen-bond donors (Lipinski definition) is 2. The van der Waals surface area contributed by atoms with Crippen LogP contribution in [-0.2, 0) is 10.0 Å². The molecule has 3 aromatic rings. The number of benzene rings is 2. The Hall–Kier alpha value is -3.15. The summed E-state index contributed by atoms with van der Waals surface area (Å²) in [7, 11) is -3.73. The molecule has 0 unspecified atom stereocenters. The van der Waals surface area contributed by atoms with Crippen LogP contribution in [0, 0.1) is 5.82 Å². The molecule has 0 saturated carbocycles. The molecule has 0 aliphatic carbocycles. The van der Waals surface area contributed by atoms with Crippen LogP contribution < -0.4 is 10.9 Å². The van der Waals surface area contributed by atoms with Gasteiger partial charge in [0, 0.05) is 29.6 Å². The molecule has 11 heteroatoms. The van der Waals surface area contributed by atoms with Crippen LogP contribution >= 0.6 is 11.3 Å². The molecule has 168 valence electrons. The van der Waals surface area contributed by atoms with Gasteiger partial charge in [0.05, 0.1) is 4.90 Å². The van der Waals surface area contributed by atoms with Crippen LogP contribution in [0.25, 0.3) is 10.6 Å². The minimum atomic E-state index is -3.73. The van der Waals surface area contributed by atoms with Crippen molar-refractivity contribution < 1.29 is 22.4 Å². The molecule has 8 nitrogen and oxygen atoms in total. The normalized spacial score (nSPS) is 11.4. The molecule has 0 spiro atoms. The van der Waals surface area contributed by atoms with E-state index in [-0.39, 0.29) is 21.7 Å². The third kappa shape index (κ3) is 5.01. The van der Waals surface area contributed by atoms with Gasteiger partial charge < -0.3 is 0 Å². The molecule has 0 radical (unpaired) electrons. The van der Waals surface area contributed by atoms with Crippen LogP contribution in [0.15, 0.2) is 58.8 Å². The molecule has 0 aliphatic rings. The van der Waals surface area contributed by atoms with E-state index in [0.29, 0.717) is 18.1 Å². The Bertz CT molecular complexity index is 1240. The molecule has 1 heterocycles. The number of nitrogens with zero attached hydrogens (tertiary/aromatic N) is 2. The lowest BCUT2D eigenvalue weighted by molar-refractivity contribution is 0.0844. The van der Waals surface area contributed by atoms with E-state index in [1.807, 2.05) is 0 Å². The van der Waals surface area contributed by atoms with E-state index in [9.17, 15) is 22.4 Å². The van der Waals surface area contributed by atoms with Gasteiger partial charge in [0.15, 0.2) is 0 Å². The number of aromatic nitrogens is 1. The lowest BCUT2D eigenvalue weighted by Crippen LogP contribution is -2.41. The van der Waals surface area contributed by atoms with Crippen molar-refractivity contribution in [1.82, 2.24) is 20.1 Å². The maximum absolute atomic E-state index is 13.9. The zero-order valence-corrected chi connectivity index (χ0v) is 19.0. The van der Waals surface area contributed by atoms with Gasteiger partial charge in [-0.25, -0.2) is 17.8 Å². The number of sulfonamides is 1. The third-order valence-corrected chi connectivity index (χ3v) is 7.49. The molecule has 0 atom stereocenters. The average molecular weight is 477 g/mol. The molecule has 3 rings (SSSR count). The van der Waals surface area contributed by atoms with Crippen molar-refractivity contribution in [3.8, 4) is 10.6 Å². The van der Waals surface area contributed by atoms with Crippen LogP contribution in [0.1, 0.15) is 34.7 Å². The Morgan fingerprint density at radius 2 is 1.72 bits per heavy atom. The standard InChI is InChI=1S/C21H21FN4O4S2/c1-3-26(4-2)32(29,30)15-9-7-8-14(12-15)19(27)24-25-20(28)18-13-31-21(23-18)16-10-5-6-11-17(16)22/h5-13H,3-4H2,1-2H3,(H,24,27)(H,25,28). The fourth-order valence-corrected chi connectivity index (χ4v) is 5.23. The Morgan fingerprint density at radius 1 is 1.03 bits per heavy atom. The molecule has 0 bridgehead atoms. The van der Waals surface area contributed by atoms with E-state index in [1.165, 1.54) is 40.0 Å². The number of thiazole rings is 1. The van der Waals surface area contributed by atoms with Gasteiger partial charge >= 0.3 is 0 Å². The van der Waals surface area contributed by atoms with Gasteiger partial charge in [0.25, 0.3) is 11.8 Å². The van der Waals surface area contributed by atoms with E-state index in [2.05, 4.69) is 15.8 Å². The predicted molar refractivity (Wildman–Crippen MR) is 119 cm³/mol. The van der Waals surface area contributed by atoms with E-state index < -0.39 is 27.7 Å². The Balaban J connectivity index is 1.69. The summed E-state index contributed by atoms with van der Waals surface area (Å²) >= 11 is 1.09. The summed E-state index contributed by atoms with van der Waals surface area (Å²) in [5, 5.41) is 1.77. The lowest BCUT2D eigenvalue weighted by atomic mass is 10.2. The monoisotopic (exact) mass is 476 g/mol. The fourth-order valence-electron chi connectivity index (χ4n) is 2.90. The van der Waals surface area contributed by atoms with Crippen LogP contribution in [0.3, 0.4) is 0 Å². The first kappa shape index (κ1) is 23.5. The van der Waals surface area contributed by atoms with Crippen LogP contribution in [0.2, 0.25) is 0 Å². The van der Waals surface area contributed by atoms with Gasteiger partial charge in [0.2, 0.25) is 10.0 Å². The van der Waals surface area contributed by atoms with Gasteiger partial charge in [-0.05, 0) is 30.3 Å². The second-order valence-corrected chi connectivity index (χ2v) is 9.34. The molecule has 2 amide bonds.